The van der Waals surface area contributed by atoms with E-state index in [0.29, 0.717) is 12.4 Å². The van der Waals surface area contributed by atoms with Crippen LogP contribution in [0.4, 0.5) is 13.2 Å². The lowest BCUT2D eigenvalue weighted by Gasteiger charge is -2.10. The van der Waals surface area contributed by atoms with Crippen LogP contribution < -0.4 is 5.73 Å². The fraction of sp³-hybridized carbons (Fsp3) is 0.111. The highest BCUT2D eigenvalue weighted by Crippen LogP contribution is 2.32. The summed E-state index contributed by atoms with van der Waals surface area (Å²) < 4.78 is 37.0. The highest BCUT2D eigenvalue weighted by atomic mass is 19.4. The van der Waals surface area contributed by atoms with Crippen LogP contribution in [0.25, 0.3) is 0 Å². The first-order valence-corrected chi connectivity index (χ1v) is 3.82. The van der Waals surface area contributed by atoms with Crippen molar-refractivity contribution in [3.05, 3.63) is 34.9 Å². The van der Waals surface area contributed by atoms with Crippen LogP contribution in [0.15, 0.2) is 18.2 Å². The smallest absolute Gasteiger partial charge is 0.366 e. The lowest BCUT2D eigenvalue weighted by atomic mass is 10.0. The van der Waals surface area contributed by atoms with Gasteiger partial charge in [-0.2, -0.15) is 13.2 Å². The standard InChI is InChI=1S/C9H6F3NO2/c10-9(11,12)7-2-1-5(4-14)3-6(7)8(13)15/h1-4H,(H2,13,15). The average molecular weight is 217 g/mol. The van der Waals surface area contributed by atoms with Crippen LogP contribution >= 0.6 is 0 Å². The lowest BCUT2D eigenvalue weighted by Crippen LogP contribution is -2.19. The van der Waals surface area contributed by atoms with Gasteiger partial charge in [-0.15, -0.1) is 0 Å². The van der Waals surface area contributed by atoms with Crippen molar-refractivity contribution in [1.82, 2.24) is 0 Å². The molecule has 0 atom stereocenters. The maximum atomic E-state index is 12.3. The summed E-state index contributed by atoms with van der Waals surface area (Å²) >= 11 is 0. The minimum absolute atomic E-state index is 0.0307. The van der Waals surface area contributed by atoms with Gasteiger partial charge in [-0.1, -0.05) is 6.07 Å². The Morgan fingerprint density at radius 3 is 2.33 bits per heavy atom. The Balaban J connectivity index is 3.40. The molecule has 1 rings (SSSR count). The first-order valence-electron chi connectivity index (χ1n) is 3.82. The van der Waals surface area contributed by atoms with Crippen LogP contribution in [0.1, 0.15) is 26.3 Å². The van der Waals surface area contributed by atoms with E-state index in [4.69, 9.17) is 5.73 Å². The minimum Gasteiger partial charge on any atom is -0.366 e. The number of hydrogen-bond donors (Lipinski definition) is 1. The Hall–Kier alpha value is -1.85. The van der Waals surface area contributed by atoms with Crippen molar-refractivity contribution in [1.29, 1.82) is 0 Å². The van der Waals surface area contributed by atoms with Gasteiger partial charge in [0, 0.05) is 5.56 Å². The molecule has 0 aliphatic rings. The predicted molar refractivity (Wildman–Crippen MR) is 45.3 cm³/mol. The quantitative estimate of drug-likeness (QED) is 0.765. The normalized spacial score (nSPS) is 11.1. The van der Waals surface area contributed by atoms with Crippen LogP contribution in [0.3, 0.4) is 0 Å². The third kappa shape index (κ3) is 2.34. The predicted octanol–water partition coefficient (Wildman–Crippen LogP) is 1.62. The molecule has 0 fully saturated rings. The summed E-state index contributed by atoms with van der Waals surface area (Å²) in [5.41, 5.74) is 2.91. The third-order valence-electron chi connectivity index (χ3n) is 1.75. The Kier molecular flexibility index (Phi) is 2.78. The van der Waals surface area contributed by atoms with Crippen molar-refractivity contribution in [3.8, 4) is 0 Å². The molecule has 0 aromatic heterocycles. The molecule has 2 N–H and O–H groups in total. The van der Waals surface area contributed by atoms with Gasteiger partial charge in [0.25, 0.3) is 0 Å². The van der Waals surface area contributed by atoms with Crippen molar-refractivity contribution in [3.63, 3.8) is 0 Å². The van der Waals surface area contributed by atoms with Gasteiger partial charge in [0.15, 0.2) is 0 Å². The molecule has 1 aromatic carbocycles. The molecule has 0 radical (unpaired) electrons. The van der Waals surface area contributed by atoms with Crippen molar-refractivity contribution in [2.45, 2.75) is 6.18 Å². The summed E-state index contributed by atoms with van der Waals surface area (Å²) in [6.07, 6.45) is -4.32. The second kappa shape index (κ2) is 3.72. The summed E-state index contributed by atoms with van der Waals surface area (Å²) in [6.45, 7) is 0. The van der Waals surface area contributed by atoms with E-state index in [1.807, 2.05) is 0 Å². The number of carbonyl (C=O) groups excluding carboxylic acids is 2. The summed E-state index contributed by atoms with van der Waals surface area (Å²) in [5.74, 6) is -1.22. The van der Waals surface area contributed by atoms with E-state index in [2.05, 4.69) is 0 Å². The van der Waals surface area contributed by atoms with Crippen LogP contribution in [0, 0.1) is 0 Å². The monoisotopic (exact) mass is 217 g/mol. The van der Waals surface area contributed by atoms with Crippen molar-refractivity contribution >= 4 is 12.2 Å². The Morgan fingerprint density at radius 2 is 1.93 bits per heavy atom. The van der Waals surface area contributed by atoms with E-state index in [1.54, 1.807) is 0 Å². The number of benzene rings is 1. The van der Waals surface area contributed by atoms with Gasteiger partial charge in [0.1, 0.15) is 6.29 Å². The molecule has 1 amide bonds. The molecule has 0 spiro atoms. The molecule has 80 valence electrons. The molecule has 0 aliphatic heterocycles. The second-order valence-electron chi connectivity index (χ2n) is 2.78. The van der Waals surface area contributed by atoms with E-state index in [1.165, 1.54) is 0 Å². The zero-order valence-electron chi connectivity index (χ0n) is 7.34. The molecule has 1 aromatic rings. The number of hydrogen-bond acceptors (Lipinski definition) is 2. The van der Waals surface area contributed by atoms with E-state index in [9.17, 15) is 22.8 Å². The van der Waals surface area contributed by atoms with Crippen LogP contribution in [-0.4, -0.2) is 12.2 Å². The fourth-order valence-corrected chi connectivity index (χ4v) is 1.09. The number of rotatable bonds is 2. The Labute approximate surface area is 82.7 Å². The summed E-state index contributed by atoms with van der Waals surface area (Å²) in [4.78, 5) is 21.1. The topological polar surface area (TPSA) is 60.2 Å². The summed E-state index contributed by atoms with van der Waals surface area (Å²) in [6, 6.07) is 2.45. The van der Waals surface area contributed by atoms with Gasteiger partial charge in [-0.3, -0.25) is 9.59 Å². The van der Waals surface area contributed by atoms with Gasteiger partial charge < -0.3 is 5.73 Å². The highest BCUT2D eigenvalue weighted by molar-refractivity contribution is 5.96. The number of halogens is 3. The maximum Gasteiger partial charge on any atom is 0.417 e. The number of nitrogens with two attached hydrogens (primary N) is 1. The van der Waals surface area contributed by atoms with Crippen molar-refractivity contribution in [2.75, 3.05) is 0 Å². The van der Waals surface area contributed by atoms with Gasteiger partial charge >= 0.3 is 6.18 Å². The summed E-state index contributed by atoms with van der Waals surface area (Å²) in [7, 11) is 0. The van der Waals surface area contributed by atoms with Crippen LogP contribution in [0.5, 0.6) is 0 Å². The zero-order chi connectivity index (χ0) is 11.6. The molecule has 0 saturated heterocycles. The van der Waals surface area contributed by atoms with E-state index < -0.39 is 23.2 Å². The number of primary amides is 1. The molecular weight excluding hydrogens is 211 g/mol. The second-order valence-corrected chi connectivity index (χ2v) is 2.78. The molecule has 6 heteroatoms. The molecular formula is C9H6F3NO2. The van der Waals surface area contributed by atoms with Gasteiger partial charge in [0.2, 0.25) is 5.91 Å². The molecule has 3 nitrogen and oxygen atoms in total. The van der Waals surface area contributed by atoms with Gasteiger partial charge in [-0.05, 0) is 12.1 Å². The van der Waals surface area contributed by atoms with Gasteiger partial charge in [-0.25, -0.2) is 0 Å². The van der Waals surface area contributed by atoms with Crippen LogP contribution in [0.2, 0.25) is 0 Å². The molecule has 0 heterocycles. The van der Waals surface area contributed by atoms with E-state index >= 15 is 0 Å². The molecule has 0 bridgehead atoms. The van der Waals surface area contributed by atoms with Crippen LogP contribution in [-0.2, 0) is 6.18 Å². The van der Waals surface area contributed by atoms with E-state index in [0.717, 1.165) is 12.1 Å². The molecule has 0 saturated carbocycles. The number of carbonyl (C=O) groups is 2. The number of alkyl halides is 3. The number of amides is 1. The number of aldehydes is 1. The van der Waals surface area contributed by atoms with E-state index in [-0.39, 0.29) is 5.56 Å². The molecule has 0 aliphatic carbocycles. The zero-order valence-corrected chi connectivity index (χ0v) is 7.34. The molecule has 15 heavy (non-hydrogen) atoms. The third-order valence-corrected chi connectivity index (χ3v) is 1.75. The highest BCUT2D eigenvalue weighted by Gasteiger charge is 2.34. The Morgan fingerprint density at radius 1 is 1.33 bits per heavy atom. The summed E-state index contributed by atoms with van der Waals surface area (Å²) in [5, 5.41) is 0. The fourth-order valence-electron chi connectivity index (χ4n) is 1.09. The first kappa shape index (κ1) is 11.2. The van der Waals surface area contributed by atoms with Gasteiger partial charge in [0.05, 0.1) is 11.1 Å². The maximum absolute atomic E-state index is 12.3. The largest absolute Gasteiger partial charge is 0.417 e. The first-order chi connectivity index (χ1) is 6.86. The van der Waals surface area contributed by atoms with Crippen molar-refractivity contribution < 1.29 is 22.8 Å². The average Bonchev–Trinajstić information content (AvgIpc) is 2.15. The lowest BCUT2D eigenvalue weighted by molar-refractivity contribution is -0.137. The molecule has 0 unspecified atom stereocenters. The minimum atomic E-state index is -4.66. The Bertz CT molecular complexity index is 412. The SMILES string of the molecule is NC(=O)c1cc(C=O)ccc1C(F)(F)F. The van der Waals surface area contributed by atoms with Crippen molar-refractivity contribution in [2.24, 2.45) is 5.73 Å².